The number of hydrogen-bond donors (Lipinski definition) is 1. The van der Waals surface area contributed by atoms with E-state index in [-0.39, 0.29) is 11.8 Å². The molecule has 0 spiro atoms. The van der Waals surface area contributed by atoms with E-state index in [4.69, 9.17) is 0 Å². The Morgan fingerprint density at radius 1 is 1.20 bits per heavy atom. The lowest BCUT2D eigenvalue weighted by Gasteiger charge is -2.06. The van der Waals surface area contributed by atoms with Gasteiger partial charge in [-0.25, -0.2) is 0 Å². The van der Waals surface area contributed by atoms with Crippen molar-refractivity contribution in [3.8, 4) is 0 Å². The summed E-state index contributed by atoms with van der Waals surface area (Å²) < 4.78 is 1.47. The highest BCUT2D eigenvalue weighted by atomic mass is 16.2. The van der Waals surface area contributed by atoms with Crippen molar-refractivity contribution in [3.05, 3.63) is 47.7 Å². The van der Waals surface area contributed by atoms with Crippen molar-refractivity contribution in [2.75, 3.05) is 19.4 Å². The summed E-state index contributed by atoms with van der Waals surface area (Å²) in [5, 5.41) is 6.82. The fraction of sp³-hybridized carbons (Fsp3) is 0.214. The number of nitrogens with zero attached hydrogens (tertiary/aromatic N) is 3. The van der Waals surface area contributed by atoms with Crippen molar-refractivity contribution in [2.45, 2.75) is 0 Å². The predicted octanol–water partition coefficient (Wildman–Crippen LogP) is 1.37. The zero-order chi connectivity index (χ0) is 14.7. The SMILES string of the molecule is CN(C)C(=O)c1cc(NC(=O)c2ccccc2)n(C)n1. The summed E-state index contributed by atoms with van der Waals surface area (Å²) in [7, 11) is 4.98. The Balaban J connectivity index is 2.18. The molecule has 0 aliphatic rings. The molecule has 1 aromatic carbocycles. The van der Waals surface area contributed by atoms with Gasteiger partial charge in [-0.15, -0.1) is 0 Å². The molecule has 0 fully saturated rings. The van der Waals surface area contributed by atoms with Crippen LogP contribution < -0.4 is 5.32 Å². The molecule has 6 nitrogen and oxygen atoms in total. The van der Waals surface area contributed by atoms with Crippen LogP contribution in [0.5, 0.6) is 0 Å². The van der Waals surface area contributed by atoms with Crippen LogP contribution in [-0.4, -0.2) is 40.6 Å². The van der Waals surface area contributed by atoms with Gasteiger partial charge in [-0.1, -0.05) is 18.2 Å². The first-order chi connectivity index (χ1) is 9.49. The summed E-state index contributed by atoms with van der Waals surface area (Å²) >= 11 is 0. The summed E-state index contributed by atoms with van der Waals surface area (Å²) in [6.07, 6.45) is 0. The third-order valence-electron chi connectivity index (χ3n) is 2.78. The minimum Gasteiger partial charge on any atom is -0.343 e. The summed E-state index contributed by atoms with van der Waals surface area (Å²) in [4.78, 5) is 25.3. The monoisotopic (exact) mass is 272 g/mol. The molecule has 2 aromatic rings. The number of benzene rings is 1. The number of anilines is 1. The number of carbonyl (C=O) groups excluding carboxylic acids is 2. The predicted molar refractivity (Wildman–Crippen MR) is 75.6 cm³/mol. The smallest absolute Gasteiger partial charge is 0.273 e. The molecule has 1 aromatic heterocycles. The van der Waals surface area contributed by atoms with E-state index in [1.165, 1.54) is 9.58 Å². The number of amides is 2. The van der Waals surface area contributed by atoms with Gasteiger partial charge in [0.15, 0.2) is 5.69 Å². The number of rotatable bonds is 3. The fourth-order valence-corrected chi connectivity index (χ4v) is 1.70. The molecule has 0 bridgehead atoms. The molecular weight excluding hydrogens is 256 g/mol. The highest BCUT2D eigenvalue weighted by Crippen LogP contribution is 2.12. The molecule has 0 saturated heterocycles. The molecule has 104 valence electrons. The number of hydrogen-bond acceptors (Lipinski definition) is 3. The van der Waals surface area contributed by atoms with E-state index in [0.29, 0.717) is 17.1 Å². The van der Waals surface area contributed by atoms with Gasteiger partial charge in [-0.2, -0.15) is 5.10 Å². The van der Waals surface area contributed by atoms with E-state index in [1.54, 1.807) is 51.5 Å². The third kappa shape index (κ3) is 2.85. The van der Waals surface area contributed by atoms with Gasteiger partial charge in [0.2, 0.25) is 0 Å². The average molecular weight is 272 g/mol. The molecule has 0 radical (unpaired) electrons. The van der Waals surface area contributed by atoms with Gasteiger partial charge in [0.25, 0.3) is 11.8 Å². The highest BCUT2D eigenvalue weighted by molar-refractivity contribution is 6.04. The molecule has 1 heterocycles. The summed E-state index contributed by atoms with van der Waals surface area (Å²) in [5.41, 5.74) is 0.843. The lowest BCUT2D eigenvalue weighted by Crippen LogP contribution is -2.22. The lowest BCUT2D eigenvalue weighted by molar-refractivity contribution is 0.0821. The van der Waals surface area contributed by atoms with Crippen molar-refractivity contribution >= 4 is 17.6 Å². The maximum Gasteiger partial charge on any atom is 0.273 e. The van der Waals surface area contributed by atoms with Crippen molar-refractivity contribution in [1.82, 2.24) is 14.7 Å². The van der Waals surface area contributed by atoms with Crippen molar-refractivity contribution in [1.29, 1.82) is 0 Å². The summed E-state index contributed by atoms with van der Waals surface area (Å²) in [6.45, 7) is 0. The minimum atomic E-state index is -0.238. The molecule has 2 rings (SSSR count). The second-order valence-corrected chi connectivity index (χ2v) is 4.56. The number of aromatic nitrogens is 2. The summed E-state index contributed by atoms with van der Waals surface area (Å²) in [5.74, 6) is 0.0299. The Morgan fingerprint density at radius 3 is 2.45 bits per heavy atom. The maximum atomic E-state index is 12.0. The zero-order valence-corrected chi connectivity index (χ0v) is 11.6. The molecular formula is C14H16N4O2. The maximum absolute atomic E-state index is 12.0. The molecule has 0 atom stereocenters. The van der Waals surface area contributed by atoms with Crippen LogP contribution in [0.1, 0.15) is 20.8 Å². The minimum absolute atomic E-state index is 0.208. The molecule has 0 aliphatic carbocycles. The number of aryl methyl sites for hydroxylation is 1. The van der Waals surface area contributed by atoms with Crippen LogP contribution in [0.2, 0.25) is 0 Å². The first-order valence-corrected chi connectivity index (χ1v) is 6.11. The molecule has 0 aliphatic heterocycles. The van der Waals surface area contributed by atoms with E-state index in [2.05, 4.69) is 10.4 Å². The average Bonchev–Trinajstić information content (AvgIpc) is 2.80. The van der Waals surface area contributed by atoms with E-state index >= 15 is 0 Å². The Morgan fingerprint density at radius 2 is 1.85 bits per heavy atom. The molecule has 2 amide bonds. The van der Waals surface area contributed by atoms with E-state index < -0.39 is 0 Å². The quantitative estimate of drug-likeness (QED) is 0.917. The fourth-order valence-electron chi connectivity index (χ4n) is 1.70. The summed E-state index contributed by atoms with van der Waals surface area (Å²) in [6, 6.07) is 10.4. The van der Waals surface area contributed by atoms with Crippen LogP contribution in [0.25, 0.3) is 0 Å². The Labute approximate surface area is 117 Å². The Hall–Kier alpha value is -2.63. The second-order valence-electron chi connectivity index (χ2n) is 4.56. The van der Waals surface area contributed by atoms with Gasteiger partial charge >= 0.3 is 0 Å². The standard InChI is InChI=1S/C14H16N4O2/c1-17(2)14(20)11-9-12(18(3)16-11)15-13(19)10-7-5-4-6-8-10/h4-9H,1-3H3,(H,15,19). The first kappa shape index (κ1) is 13.8. The van der Waals surface area contributed by atoms with Crippen molar-refractivity contribution < 1.29 is 9.59 Å². The van der Waals surface area contributed by atoms with Gasteiger partial charge in [-0.3, -0.25) is 14.3 Å². The number of nitrogens with one attached hydrogen (secondary N) is 1. The van der Waals surface area contributed by atoms with E-state index in [0.717, 1.165) is 0 Å². The van der Waals surface area contributed by atoms with Gasteiger partial charge in [0, 0.05) is 32.8 Å². The van der Waals surface area contributed by atoms with Crippen LogP contribution in [0.4, 0.5) is 5.82 Å². The third-order valence-corrected chi connectivity index (χ3v) is 2.78. The molecule has 20 heavy (non-hydrogen) atoms. The molecule has 6 heteroatoms. The van der Waals surface area contributed by atoms with Crippen LogP contribution in [0.3, 0.4) is 0 Å². The van der Waals surface area contributed by atoms with Crippen molar-refractivity contribution in [3.63, 3.8) is 0 Å². The van der Waals surface area contributed by atoms with E-state index in [9.17, 15) is 9.59 Å². The molecule has 0 unspecified atom stereocenters. The van der Waals surface area contributed by atoms with Gasteiger partial charge in [0.05, 0.1) is 0 Å². The van der Waals surface area contributed by atoms with Crippen LogP contribution in [0, 0.1) is 0 Å². The number of carbonyl (C=O) groups is 2. The topological polar surface area (TPSA) is 67.2 Å². The normalized spacial score (nSPS) is 10.2. The largest absolute Gasteiger partial charge is 0.343 e. The Kier molecular flexibility index (Phi) is 3.84. The van der Waals surface area contributed by atoms with Crippen LogP contribution in [0.15, 0.2) is 36.4 Å². The van der Waals surface area contributed by atoms with Crippen LogP contribution in [-0.2, 0) is 7.05 Å². The first-order valence-electron chi connectivity index (χ1n) is 6.11. The zero-order valence-electron chi connectivity index (χ0n) is 11.6. The van der Waals surface area contributed by atoms with Gasteiger partial charge < -0.3 is 10.2 Å². The Bertz CT molecular complexity index is 632. The highest BCUT2D eigenvalue weighted by Gasteiger charge is 2.16. The van der Waals surface area contributed by atoms with Gasteiger partial charge in [-0.05, 0) is 12.1 Å². The van der Waals surface area contributed by atoms with Crippen molar-refractivity contribution in [2.24, 2.45) is 7.05 Å². The van der Waals surface area contributed by atoms with Crippen LogP contribution >= 0.6 is 0 Å². The van der Waals surface area contributed by atoms with E-state index in [1.807, 2.05) is 6.07 Å². The molecule has 1 N–H and O–H groups in total. The molecule has 0 saturated carbocycles. The lowest BCUT2D eigenvalue weighted by atomic mass is 10.2. The van der Waals surface area contributed by atoms with Gasteiger partial charge in [0.1, 0.15) is 5.82 Å². The second kappa shape index (κ2) is 5.56.